The first kappa shape index (κ1) is 21.3. The summed E-state index contributed by atoms with van der Waals surface area (Å²) < 4.78 is 11.1. The number of carbonyl (C=O) groups is 2. The number of hydrogen-bond acceptors (Lipinski definition) is 7. The van der Waals surface area contributed by atoms with E-state index in [2.05, 4.69) is 31.5 Å². The summed E-state index contributed by atoms with van der Waals surface area (Å²) in [6.45, 7) is 6.12. The molecule has 0 fully saturated rings. The van der Waals surface area contributed by atoms with E-state index in [0.717, 1.165) is 11.3 Å². The lowest BCUT2D eigenvalue weighted by Crippen LogP contribution is -2.34. The van der Waals surface area contributed by atoms with Crippen LogP contribution in [-0.2, 0) is 4.74 Å². The molecule has 7 nitrogen and oxygen atoms in total. The molecule has 0 unspecified atom stereocenters. The number of esters is 1. The normalized spacial score (nSPS) is 10.2. The summed E-state index contributed by atoms with van der Waals surface area (Å²) in [7, 11) is 0. The predicted molar refractivity (Wildman–Crippen MR) is 112 cm³/mol. The molecule has 1 aromatic heterocycles. The van der Waals surface area contributed by atoms with Crippen LogP contribution in [0.2, 0.25) is 0 Å². The molecular weight excluding hydrogens is 454 g/mol. The highest BCUT2D eigenvalue weighted by atomic mass is 79.9. The summed E-state index contributed by atoms with van der Waals surface area (Å²) in [6.07, 6.45) is 0. The molecule has 1 aromatic carbocycles. The molecular formula is C17H18BrN3O4S2. The van der Waals surface area contributed by atoms with Crippen LogP contribution >= 0.6 is 39.5 Å². The maximum atomic E-state index is 12.3. The van der Waals surface area contributed by atoms with Crippen LogP contribution in [0.5, 0.6) is 5.75 Å². The minimum Gasteiger partial charge on any atom is -0.493 e. The molecule has 0 aliphatic heterocycles. The minimum atomic E-state index is -0.435. The van der Waals surface area contributed by atoms with E-state index in [1.165, 1.54) is 0 Å². The third-order valence-corrected chi connectivity index (χ3v) is 5.08. The lowest BCUT2D eigenvalue weighted by atomic mass is 10.2. The average molecular weight is 472 g/mol. The van der Waals surface area contributed by atoms with Crippen molar-refractivity contribution in [3.63, 3.8) is 0 Å². The Bertz CT molecular complexity index is 870. The van der Waals surface area contributed by atoms with Gasteiger partial charge in [-0.05, 0) is 67.1 Å². The van der Waals surface area contributed by atoms with Crippen molar-refractivity contribution in [3.05, 3.63) is 38.8 Å². The predicted octanol–water partition coefficient (Wildman–Crippen LogP) is 3.92. The van der Waals surface area contributed by atoms with Gasteiger partial charge in [-0.2, -0.15) is 0 Å². The van der Waals surface area contributed by atoms with Crippen molar-refractivity contribution >= 4 is 61.6 Å². The fraction of sp³-hybridized carbons (Fsp3) is 0.294. The summed E-state index contributed by atoms with van der Waals surface area (Å²) in [5, 5.41) is 5.86. The number of nitrogens with one attached hydrogen (secondary N) is 2. The first-order valence-electron chi connectivity index (χ1n) is 8.04. The van der Waals surface area contributed by atoms with Crippen molar-refractivity contribution in [2.24, 2.45) is 0 Å². The number of halogens is 1. The zero-order chi connectivity index (χ0) is 20.0. The van der Waals surface area contributed by atoms with E-state index in [9.17, 15) is 9.59 Å². The quantitative estimate of drug-likeness (QED) is 0.487. The van der Waals surface area contributed by atoms with Gasteiger partial charge in [0.25, 0.3) is 5.91 Å². The van der Waals surface area contributed by atoms with Gasteiger partial charge in [0.1, 0.15) is 10.6 Å². The molecule has 144 valence electrons. The molecule has 0 radical (unpaired) electrons. The van der Waals surface area contributed by atoms with Gasteiger partial charge in [0.05, 0.1) is 23.4 Å². The molecule has 0 aliphatic rings. The Kier molecular flexibility index (Phi) is 7.69. The Labute approximate surface area is 174 Å². The van der Waals surface area contributed by atoms with Crippen LogP contribution < -0.4 is 15.4 Å². The fourth-order valence-electron chi connectivity index (χ4n) is 2.05. The van der Waals surface area contributed by atoms with Gasteiger partial charge in [0.2, 0.25) is 0 Å². The number of aromatic nitrogens is 1. The summed E-state index contributed by atoms with van der Waals surface area (Å²) in [4.78, 5) is 28.8. The van der Waals surface area contributed by atoms with Crippen molar-refractivity contribution < 1.29 is 19.1 Å². The highest BCUT2D eigenvalue weighted by Gasteiger charge is 2.17. The number of anilines is 1. The summed E-state index contributed by atoms with van der Waals surface area (Å²) in [5.41, 5.74) is 0.947. The van der Waals surface area contributed by atoms with E-state index >= 15 is 0 Å². The molecule has 0 aliphatic carbocycles. The van der Waals surface area contributed by atoms with Crippen LogP contribution in [0.1, 0.15) is 39.6 Å². The molecule has 0 spiro atoms. The van der Waals surface area contributed by atoms with Gasteiger partial charge < -0.3 is 14.8 Å². The summed E-state index contributed by atoms with van der Waals surface area (Å²) in [5.74, 6) is -0.163. The van der Waals surface area contributed by atoms with E-state index in [1.54, 1.807) is 32.0 Å². The van der Waals surface area contributed by atoms with Gasteiger partial charge in [-0.25, -0.2) is 9.78 Å². The number of amides is 1. The van der Waals surface area contributed by atoms with Crippen molar-refractivity contribution in [3.8, 4) is 5.75 Å². The number of carbonyl (C=O) groups excluding carboxylic acids is 2. The number of rotatable bonds is 6. The molecule has 0 bridgehead atoms. The van der Waals surface area contributed by atoms with Crippen molar-refractivity contribution in [2.75, 3.05) is 18.5 Å². The third kappa shape index (κ3) is 5.72. The minimum absolute atomic E-state index is 0.0779. The van der Waals surface area contributed by atoms with Crippen molar-refractivity contribution in [1.82, 2.24) is 10.3 Å². The third-order valence-electron chi connectivity index (χ3n) is 3.20. The summed E-state index contributed by atoms with van der Waals surface area (Å²) in [6, 6.07) is 4.99. The second-order valence-corrected chi connectivity index (χ2v) is 7.40. The molecule has 0 atom stereocenters. The Morgan fingerprint density at radius 1 is 1.30 bits per heavy atom. The van der Waals surface area contributed by atoms with Crippen molar-refractivity contribution in [1.29, 1.82) is 0 Å². The number of nitrogens with zero attached hydrogens (tertiary/aromatic N) is 1. The van der Waals surface area contributed by atoms with E-state index in [-0.39, 0.29) is 17.6 Å². The van der Waals surface area contributed by atoms with Crippen LogP contribution in [-0.4, -0.2) is 35.2 Å². The highest BCUT2D eigenvalue weighted by molar-refractivity contribution is 9.10. The lowest BCUT2D eigenvalue weighted by Gasteiger charge is -2.09. The highest BCUT2D eigenvalue weighted by Crippen LogP contribution is 2.26. The lowest BCUT2D eigenvalue weighted by molar-refractivity contribution is 0.0531. The number of aryl methyl sites for hydroxylation is 1. The van der Waals surface area contributed by atoms with Gasteiger partial charge >= 0.3 is 5.97 Å². The van der Waals surface area contributed by atoms with Gasteiger partial charge in [0, 0.05) is 5.56 Å². The van der Waals surface area contributed by atoms with E-state index in [0.29, 0.717) is 38.1 Å². The van der Waals surface area contributed by atoms with Crippen molar-refractivity contribution in [2.45, 2.75) is 20.8 Å². The monoisotopic (exact) mass is 471 g/mol. The molecule has 2 N–H and O–H groups in total. The van der Waals surface area contributed by atoms with Crippen LogP contribution in [0, 0.1) is 6.92 Å². The van der Waals surface area contributed by atoms with E-state index < -0.39 is 5.97 Å². The average Bonchev–Trinajstić information content (AvgIpc) is 2.97. The van der Waals surface area contributed by atoms with E-state index in [1.807, 2.05) is 6.92 Å². The molecule has 10 heteroatoms. The molecule has 2 aromatic rings. The molecule has 1 amide bonds. The van der Waals surface area contributed by atoms with Gasteiger partial charge in [-0.3, -0.25) is 10.1 Å². The smallest absolute Gasteiger partial charge is 0.350 e. The maximum absolute atomic E-state index is 12.3. The van der Waals surface area contributed by atoms with Gasteiger partial charge in [-0.1, -0.05) is 11.3 Å². The molecule has 27 heavy (non-hydrogen) atoms. The Morgan fingerprint density at radius 3 is 2.67 bits per heavy atom. The van der Waals surface area contributed by atoms with Crippen LogP contribution in [0.4, 0.5) is 5.13 Å². The standard InChI is InChI=1S/C17H18BrN3O4S2/c1-4-24-12-7-6-10(8-11(12)18)14(22)20-16(26)21-17-19-9(3)13(27-17)15(23)25-5-2/h6-8H,4-5H2,1-3H3,(H2,19,20,21,22,26). The zero-order valence-corrected chi connectivity index (χ0v) is 18.1. The fourth-order valence-corrected chi connectivity index (χ4v) is 3.67. The number of thiazole rings is 1. The number of thiocarbonyl (C=S) groups is 1. The molecule has 1 heterocycles. The Morgan fingerprint density at radius 2 is 2.04 bits per heavy atom. The topological polar surface area (TPSA) is 89.6 Å². The zero-order valence-electron chi connectivity index (χ0n) is 14.9. The Hall–Kier alpha value is -2.04. The van der Waals surface area contributed by atoms with Crippen LogP contribution in [0.3, 0.4) is 0 Å². The number of ether oxygens (including phenoxy) is 2. The molecule has 0 saturated carbocycles. The second kappa shape index (κ2) is 9.77. The SMILES string of the molecule is CCOC(=O)c1sc(NC(=S)NC(=O)c2ccc(OCC)c(Br)c2)nc1C. The van der Waals surface area contributed by atoms with Gasteiger partial charge in [-0.15, -0.1) is 0 Å². The van der Waals surface area contributed by atoms with Gasteiger partial charge in [0.15, 0.2) is 10.2 Å². The molecule has 0 saturated heterocycles. The maximum Gasteiger partial charge on any atom is 0.350 e. The van der Waals surface area contributed by atoms with E-state index in [4.69, 9.17) is 21.7 Å². The Balaban J connectivity index is 2.01. The number of benzene rings is 1. The molecule has 2 rings (SSSR count). The largest absolute Gasteiger partial charge is 0.493 e. The second-order valence-electron chi connectivity index (χ2n) is 5.14. The first-order chi connectivity index (χ1) is 12.8. The first-order valence-corrected chi connectivity index (χ1v) is 10.1. The van der Waals surface area contributed by atoms with Crippen LogP contribution in [0.25, 0.3) is 0 Å². The number of hydrogen-bond donors (Lipinski definition) is 2. The van der Waals surface area contributed by atoms with Crippen LogP contribution in [0.15, 0.2) is 22.7 Å². The summed E-state index contributed by atoms with van der Waals surface area (Å²) >= 11 is 9.63.